The van der Waals surface area contributed by atoms with Crippen LogP contribution in [0.4, 0.5) is 5.69 Å². The van der Waals surface area contributed by atoms with Crippen LogP contribution < -0.4 is 4.90 Å². The van der Waals surface area contributed by atoms with Crippen molar-refractivity contribution in [2.24, 2.45) is 17.3 Å². The van der Waals surface area contributed by atoms with E-state index in [0.29, 0.717) is 17.8 Å². The first-order chi connectivity index (χ1) is 16.5. The number of carbonyl (C=O) groups is 1. The summed E-state index contributed by atoms with van der Waals surface area (Å²) in [7, 11) is 0. The minimum absolute atomic E-state index is 0.0289. The van der Waals surface area contributed by atoms with Crippen molar-refractivity contribution < 1.29 is 4.79 Å². The van der Waals surface area contributed by atoms with E-state index >= 15 is 0 Å². The third-order valence-corrected chi connectivity index (χ3v) is 8.83. The van der Waals surface area contributed by atoms with Gasteiger partial charge in [0.05, 0.1) is 5.41 Å². The molecule has 1 unspecified atom stereocenters. The number of nitrogens with zero attached hydrogens (tertiary/aromatic N) is 1. The molecule has 1 heterocycles. The predicted octanol–water partition coefficient (Wildman–Crippen LogP) is 8.04. The number of fused-ring (bicyclic) bond motifs is 2. The van der Waals surface area contributed by atoms with Gasteiger partial charge in [-0.1, -0.05) is 63.6 Å². The summed E-state index contributed by atoms with van der Waals surface area (Å²) in [6.45, 7) is 13.5. The van der Waals surface area contributed by atoms with E-state index in [9.17, 15) is 4.79 Å². The maximum Gasteiger partial charge on any atom is 0.242 e. The average Bonchev–Trinajstić information content (AvgIpc) is 3.01. The Morgan fingerprint density at radius 3 is 2.54 bits per heavy atom. The number of carbonyl (C=O) groups excluding carboxylic acids is 1. The van der Waals surface area contributed by atoms with Crippen LogP contribution in [0.3, 0.4) is 0 Å². The van der Waals surface area contributed by atoms with Gasteiger partial charge in [0, 0.05) is 22.3 Å². The fraction of sp³-hybridized carbons (Fsp3) is 0.469. The monoisotopic (exact) mass is 487 g/mol. The van der Waals surface area contributed by atoms with Gasteiger partial charge in [0.1, 0.15) is 0 Å². The van der Waals surface area contributed by atoms with E-state index in [1.807, 2.05) is 11.0 Å². The van der Waals surface area contributed by atoms with Crippen LogP contribution in [0, 0.1) is 24.2 Å². The van der Waals surface area contributed by atoms with Crippen molar-refractivity contribution in [3.63, 3.8) is 0 Å². The number of anilines is 1. The molecule has 0 radical (unpaired) electrons. The fourth-order valence-corrected chi connectivity index (χ4v) is 6.62. The van der Waals surface area contributed by atoms with E-state index in [-0.39, 0.29) is 11.8 Å². The highest BCUT2D eigenvalue weighted by Gasteiger charge is 2.55. The topological polar surface area (TPSA) is 20.3 Å². The lowest BCUT2D eigenvalue weighted by molar-refractivity contribution is -0.122. The molecule has 35 heavy (non-hydrogen) atoms. The maximum absolute atomic E-state index is 14.4. The largest absolute Gasteiger partial charge is 0.284 e. The molecule has 0 bridgehead atoms. The van der Waals surface area contributed by atoms with Crippen molar-refractivity contribution in [1.29, 1.82) is 0 Å². The third kappa shape index (κ3) is 4.18. The van der Waals surface area contributed by atoms with Crippen LogP contribution in [0.15, 0.2) is 59.3 Å². The molecule has 2 aromatic rings. The van der Waals surface area contributed by atoms with Crippen molar-refractivity contribution in [3.8, 4) is 0 Å². The smallest absolute Gasteiger partial charge is 0.242 e. The van der Waals surface area contributed by atoms with E-state index < -0.39 is 5.41 Å². The van der Waals surface area contributed by atoms with Crippen molar-refractivity contribution >= 4 is 23.2 Å². The number of amides is 1. The first-order valence-corrected chi connectivity index (χ1v) is 13.5. The molecule has 2 aliphatic carbocycles. The van der Waals surface area contributed by atoms with E-state index in [2.05, 4.69) is 84.0 Å². The predicted molar refractivity (Wildman–Crippen MR) is 147 cm³/mol. The zero-order chi connectivity index (χ0) is 25.1. The minimum Gasteiger partial charge on any atom is -0.284 e. The summed E-state index contributed by atoms with van der Waals surface area (Å²) in [6.07, 6.45) is 9.14. The first kappa shape index (κ1) is 24.4. The second-order valence-electron chi connectivity index (χ2n) is 12.3. The first-order valence-electron chi connectivity index (χ1n) is 13.1. The number of benzene rings is 2. The molecule has 0 saturated carbocycles. The van der Waals surface area contributed by atoms with Crippen molar-refractivity contribution in [2.45, 2.75) is 79.1 Å². The summed E-state index contributed by atoms with van der Waals surface area (Å²) in [4.78, 5) is 16.3. The molecular weight excluding hydrogens is 450 g/mol. The second kappa shape index (κ2) is 8.66. The van der Waals surface area contributed by atoms with E-state index in [1.54, 1.807) is 0 Å². The third-order valence-electron chi connectivity index (χ3n) is 8.55. The zero-order valence-electron chi connectivity index (χ0n) is 22.0. The second-order valence-corrected chi connectivity index (χ2v) is 12.8. The Labute approximate surface area is 216 Å². The van der Waals surface area contributed by atoms with Crippen molar-refractivity contribution in [3.05, 3.63) is 87.1 Å². The van der Waals surface area contributed by atoms with Crippen LogP contribution >= 0.6 is 11.6 Å². The molecule has 184 valence electrons. The Balaban J connectivity index is 1.58. The molecular formula is C32H38ClNO. The number of hydrogen-bond donors (Lipinski definition) is 0. The molecule has 5 rings (SSSR count). The molecule has 1 saturated heterocycles. The summed E-state index contributed by atoms with van der Waals surface area (Å²) in [5.74, 6) is 0.783. The van der Waals surface area contributed by atoms with Crippen LogP contribution in [0.5, 0.6) is 0 Å². The number of allylic oxidation sites excluding steroid dienone is 4. The molecule has 2 nitrogen and oxygen atoms in total. The molecule has 1 aliphatic heterocycles. The Hall–Kier alpha value is -2.32. The van der Waals surface area contributed by atoms with Gasteiger partial charge >= 0.3 is 0 Å². The molecule has 1 amide bonds. The lowest BCUT2D eigenvalue weighted by Crippen LogP contribution is -2.38. The summed E-state index contributed by atoms with van der Waals surface area (Å²) in [6, 6.07) is 13.3. The molecule has 3 aliphatic rings. The molecule has 2 atom stereocenters. The standard InChI is InChI=1S/C32H38ClNO/c1-20(2)15-22-8-11-27(16-21(22)3)34-29-12-10-26(33)18-28(29)32(6,30(34)35)25-9-7-24-19-31(4,5)14-13-23(24)17-25/h7-12,16-17,20,28H,13-15,18-19H2,1-6H3/t28?,32-/m0/s1. The van der Waals surface area contributed by atoms with E-state index in [1.165, 1.54) is 28.7 Å². The number of aryl methyl sites for hydroxylation is 2. The Bertz CT molecular complexity index is 1250. The van der Waals surface area contributed by atoms with Crippen LogP contribution in [-0.4, -0.2) is 5.91 Å². The van der Waals surface area contributed by atoms with Gasteiger partial charge in [-0.2, -0.15) is 0 Å². The Morgan fingerprint density at radius 2 is 1.83 bits per heavy atom. The van der Waals surface area contributed by atoms with Gasteiger partial charge in [0.15, 0.2) is 0 Å². The van der Waals surface area contributed by atoms with Crippen LogP contribution in [0.2, 0.25) is 0 Å². The van der Waals surface area contributed by atoms with Gasteiger partial charge < -0.3 is 0 Å². The van der Waals surface area contributed by atoms with Gasteiger partial charge in [-0.15, -0.1) is 0 Å². The quantitative estimate of drug-likeness (QED) is 0.427. The average molecular weight is 488 g/mol. The van der Waals surface area contributed by atoms with E-state index in [0.717, 1.165) is 41.2 Å². The minimum atomic E-state index is -0.646. The van der Waals surface area contributed by atoms with Gasteiger partial charge in [-0.3, -0.25) is 9.69 Å². The van der Waals surface area contributed by atoms with Gasteiger partial charge in [-0.25, -0.2) is 0 Å². The summed E-state index contributed by atoms with van der Waals surface area (Å²) in [5.41, 5.74) is 8.29. The lowest BCUT2D eigenvalue weighted by atomic mass is 9.68. The molecule has 1 fully saturated rings. The number of halogens is 1. The van der Waals surface area contributed by atoms with E-state index in [4.69, 9.17) is 11.6 Å². The number of rotatable bonds is 4. The van der Waals surface area contributed by atoms with Gasteiger partial charge in [0.25, 0.3) is 0 Å². The normalized spacial score (nSPS) is 25.3. The molecule has 3 heteroatoms. The molecule has 0 spiro atoms. The van der Waals surface area contributed by atoms with Crippen LogP contribution in [0.25, 0.3) is 0 Å². The SMILES string of the molecule is Cc1cc(N2C(=O)[C@@](C)(c3ccc4c(c3)CCC(C)(C)C4)C3CC(Cl)=CC=C32)ccc1CC(C)C. The molecule has 0 N–H and O–H groups in total. The highest BCUT2D eigenvalue weighted by Crippen LogP contribution is 2.52. The lowest BCUT2D eigenvalue weighted by Gasteiger charge is -2.34. The maximum atomic E-state index is 14.4. The highest BCUT2D eigenvalue weighted by atomic mass is 35.5. The van der Waals surface area contributed by atoms with Crippen molar-refractivity contribution in [1.82, 2.24) is 0 Å². The fourth-order valence-electron chi connectivity index (χ4n) is 6.40. The summed E-state index contributed by atoms with van der Waals surface area (Å²) < 4.78 is 0. The van der Waals surface area contributed by atoms with Crippen molar-refractivity contribution in [2.75, 3.05) is 4.90 Å². The van der Waals surface area contributed by atoms with Gasteiger partial charge in [-0.05, 0) is 109 Å². The number of hydrogen-bond acceptors (Lipinski definition) is 1. The molecule has 2 aromatic carbocycles. The Kier molecular flexibility index (Phi) is 6.03. The Morgan fingerprint density at radius 1 is 1.06 bits per heavy atom. The summed E-state index contributed by atoms with van der Waals surface area (Å²) in [5, 5.41) is 0.822. The summed E-state index contributed by atoms with van der Waals surface area (Å²) >= 11 is 6.57. The van der Waals surface area contributed by atoms with Crippen LogP contribution in [-0.2, 0) is 29.5 Å². The molecule has 0 aromatic heterocycles. The highest BCUT2D eigenvalue weighted by molar-refractivity contribution is 6.30. The van der Waals surface area contributed by atoms with Gasteiger partial charge in [0.2, 0.25) is 5.91 Å². The zero-order valence-corrected chi connectivity index (χ0v) is 22.8. The van der Waals surface area contributed by atoms with Crippen LogP contribution in [0.1, 0.15) is 75.3 Å².